The summed E-state index contributed by atoms with van der Waals surface area (Å²) >= 11 is 0. The van der Waals surface area contributed by atoms with Crippen LogP contribution in [0.5, 0.6) is 0 Å². The first-order valence-electron chi connectivity index (χ1n) is 8.39. The van der Waals surface area contributed by atoms with Crippen LogP contribution in [0.15, 0.2) is 65.4 Å². The quantitative estimate of drug-likeness (QED) is 0.702. The predicted octanol–water partition coefficient (Wildman–Crippen LogP) is 3.09. The van der Waals surface area contributed by atoms with Gasteiger partial charge in [-0.1, -0.05) is 41.6 Å². The molecule has 0 unspecified atom stereocenters. The maximum absolute atomic E-state index is 12.6. The van der Waals surface area contributed by atoms with Crippen molar-refractivity contribution in [2.45, 2.75) is 0 Å². The van der Waals surface area contributed by atoms with E-state index in [1.54, 1.807) is 29.2 Å². The number of amides is 2. The van der Waals surface area contributed by atoms with E-state index in [-0.39, 0.29) is 18.4 Å². The van der Waals surface area contributed by atoms with Crippen molar-refractivity contribution >= 4 is 23.2 Å². The van der Waals surface area contributed by atoms with Crippen molar-refractivity contribution in [3.05, 3.63) is 66.4 Å². The summed E-state index contributed by atoms with van der Waals surface area (Å²) < 4.78 is 5.00. The summed E-state index contributed by atoms with van der Waals surface area (Å²) in [5.74, 6) is -0.472. The highest BCUT2D eigenvalue weighted by Crippen LogP contribution is 2.23. The molecule has 0 aliphatic rings. The molecule has 0 bridgehead atoms. The largest absolute Gasteiger partial charge is 0.363 e. The van der Waals surface area contributed by atoms with Crippen LogP contribution < -0.4 is 10.6 Å². The minimum absolute atomic E-state index is 0.131. The van der Waals surface area contributed by atoms with Crippen LogP contribution in [-0.2, 0) is 4.79 Å². The first-order valence-corrected chi connectivity index (χ1v) is 8.39. The van der Waals surface area contributed by atoms with Crippen LogP contribution in [0.4, 0.5) is 11.4 Å². The van der Waals surface area contributed by atoms with E-state index < -0.39 is 0 Å². The fourth-order valence-corrected chi connectivity index (χ4v) is 2.56. The number of carbonyl (C=O) groups is 2. The fraction of sp³-hybridized carbons (Fsp3) is 0.150. The molecule has 0 radical (unpaired) electrons. The van der Waals surface area contributed by atoms with Gasteiger partial charge >= 0.3 is 0 Å². The Hall–Kier alpha value is -3.45. The highest BCUT2D eigenvalue weighted by atomic mass is 16.5. The highest BCUT2D eigenvalue weighted by Gasteiger charge is 2.17. The Labute approximate surface area is 157 Å². The Morgan fingerprint density at radius 2 is 1.70 bits per heavy atom. The number of hydrogen-bond donors (Lipinski definition) is 2. The van der Waals surface area contributed by atoms with Gasteiger partial charge in [-0.15, -0.1) is 0 Å². The number of anilines is 2. The van der Waals surface area contributed by atoms with Crippen molar-refractivity contribution in [2.24, 2.45) is 0 Å². The van der Waals surface area contributed by atoms with Crippen molar-refractivity contribution in [2.75, 3.05) is 31.3 Å². The maximum Gasteiger partial charge on any atom is 0.261 e. The second-order valence-electron chi connectivity index (χ2n) is 6.26. The monoisotopic (exact) mass is 364 g/mol. The molecule has 0 spiro atoms. The summed E-state index contributed by atoms with van der Waals surface area (Å²) in [6, 6.07) is 16.3. The lowest BCUT2D eigenvalue weighted by Crippen LogP contribution is -2.27. The van der Waals surface area contributed by atoms with E-state index in [9.17, 15) is 9.59 Å². The molecule has 0 aliphatic heterocycles. The molecule has 0 saturated carbocycles. The van der Waals surface area contributed by atoms with Crippen molar-refractivity contribution in [3.8, 4) is 11.3 Å². The van der Waals surface area contributed by atoms with Crippen LogP contribution in [0.3, 0.4) is 0 Å². The molecule has 138 valence electrons. The first-order chi connectivity index (χ1) is 13.0. The van der Waals surface area contributed by atoms with Crippen molar-refractivity contribution in [1.29, 1.82) is 0 Å². The predicted molar refractivity (Wildman–Crippen MR) is 104 cm³/mol. The molecule has 1 heterocycles. The van der Waals surface area contributed by atoms with Crippen LogP contribution in [0.25, 0.3) is 11.3 Å². The summed E-state index contributed by atoms with van der Waals surface area (Å²) in [7, 11) is 3.64. The number of carbonyl (C=O) groups excluding carboxylic acids is 2. The van der Waals surface area contributed by atoms with Crippen LogP contribution in [0, 0.1) is 0 Å². The van der Waals surface area contributed by atoms with Gasteiger partial charge in [-0.3, -0.25) is 9.59 Å². The maximum atomic E-state index is 12.6. The minimum atomic E-state index is -0.341. The fourth-order valence-electron chi connectivity index (χ4n) is 2.56. The summed E-state index contributed by atoms with van der Waals surface area (Å²) in [4.78, 5) is 26.3. The van der Waals surface area contributed by atoms with Gasteiger partial charge in [-0.2, -0.15) is 0 Å². The number of nitrogens with zero attached hydrogens (tertiary/aromatic N) is 2. The Bertz CT molecular complexity index is 935. The van der Waals surface area contributed by atoms with E-state index in [2.05, 4.69) is 15.8 Å². The average Bonchev–Trinajstić information content (AvgIpc) is 3.12. The Kier molecular flexibility index (Phi) is 5.63. The van der Waals surface area contributed by atoms with E-state index in [0.29, 0.717) is 22.6 Å². The molecule has 1 aromatic heterocycles. The second kappa shape index (κ2) is 8.29. The van der Waals surface area contributed by atoms with Gasteiger partial charge in [0, 0.05) is 16.9 Å². The molecule has 2 N–H and O–H groups in total. The van der Waals surface area contributed by atoms with Crippen molar-refractivity contribution in [3.63, 3.8) is 0 Å². The number of aromatic nitrogens is 1. The lowest BCUT2D eigenvalue weighted by atomic mass is 10.1. The summed E-state index contributed by atoms with van der Waals surface area (Å²) in [5, 5.41) is 9.54. The molecule has 0 atom stereocenters. The van der Waals surface area contributed by atoms with E-state index in [4.69, 9.17) is 4.52 Å². The topological polar surface area (TPSA) is 87.5 Å². The van der Waals surface area contributed by atoms with E-state index in [0.717, 1.165) is 5.56 Å². The van der Waals surface area contributed by atoms with Crippen LogP contribution in [-0.4, -0.2) is 42.5 Å². The second-order valence-corrected chi connectivity index (χ2v) is 6.26. The van der Waals surface area contributed by atoms with Gasteiger partial charge in [0.15, 0.2) is 0 Å². The van der Waals surface area contributed by atoms with Crippen LogP contribution in [0.1, 0.15) is 10.4 Å². The van der Waals surface area contributed by atoms with Gasteiger partial charge in [0.1, 0.15) is 17.5 Å². The lowest BCUT2D eigenvalue weighted by Gasteiger charge is -2.11. The Morgan fingerprint density at radius 3 is 2.41 bits per heavy atom. The highest BCUT2D eigenvalue weighted by molar-refractivity contribution is 6.08. The standard InChI is InChI=1S/C20H20N4O3/c1-24(2)12-18(25)21-15-9-6-10-16(11-15)22-20(26)17-13-27-23-19(17)14-7-4-3-5-8-14/h3-11,13H,12H2,1-2H3,(H,21,25)(H,22,26). The lowest BCUT2D eigenvalue weighted by molar-refractivity contribution is -0.116. The molecule has 2 amide bonds. The molecular weight excluding hydrogens is 344 g/mol. The third-order valence-corrected chi connectivity index (χ3v) is 3.73. The smallest absolute Gasteiger partial charge is 0.261 e. The van der Waals surface area contributed by atoms with Crippen molar-refractivity contribution < 1.29 is 14.1 Å². The number of likely N-dealkylation sites (N-methyl/N-ethyl adjacent to an activating group) is 1. The molecule has 7 heteroatoms. The molecule has 2 aromatic carbocycles. The molecular formula is C20H20N4O3. The minimum Gasteiger partial charge on any atom is -0.363 e. The van der Waals surface area contributed by atoms with Gasteiger partial charge in [-0.25, -0.2) is 0 Å². The third kappa shape index (κ3) is 4.80. The van der Waals surface area contributed by atoms with Crippen molar-refractivity contribution in [1.82, 2.24) is 10.1 Å². The summed E-state index contributed by atoms with van der Waals surface area (Å²) in [5.41, 5.74) is 2.77. The normalized spacial score (nSPS) is 10.6. The number of hydrogen-bond acceptors (Lipinski definition) is 5. The van der Waals surface area contributed by atoms with Gasteiger partial charge < -0.3 is 20.1 Å². The van der Waals surface area contributed by atoms with E-state index in [1.807, 2.05) is 44.4 Å². The molecule has 27 heavy (non-hydrogen) atoms. The molecule has 7 nitrogen and oxygen atoms in total. The number of nitrogens with one attached hydrogen (secondary N) is 2. The summed E-state index contributed by atoms with van der Waals surface area (Å²) in [6.07, 6.45) is 1.32. The van der Waals surface area contributed by atoms with Crippen LogP contribution >= 0.6 is 0 Å². The van der Waals surface area contributed by atoms with E-state index in [1.165, 1.54) is 6.26 Å². The Morgan fingerprint density at radius 1 is 1.00 bits per heavy atom. The third-order valence-electron chi connectivity index (χ3n) is 3.73. The van der Waals surface area contributed by atoms with Gasteiger partial charge in [0.25, 0.3) is 5.91 Å². The zero-order valence-electron chi connectivity index (χ0n) is 15.1. The van der Waals surface area contributed by atoms with Gasteiger partial charge in [-0.05, 0) is 32.3 Å². The number of benzene rings is 2. The zero-order chi connectivity index (χ0) is 19.2. The molecule has 3 aromatic rings. The zero-order valence-corrected chi connectivity index (χ0v) is 15.1. The van der Waals surface area contributed by atoms with Gasteiger partial charge in [0.2, 0.25) is 5.91 Å². The molecule has 3 rings (SSSR count). The summed E-state index contributed by atoms with van der Waals surface area (Å²) in [6.45, 7) is 0.276. The SMILES string of the molecule is CN(C)CC(=O)Nc1cccc(NC(=O)c2conc2-c2ccccc2)c1. The number of rotatable bonds is 6. The molecule has 0 fully saturated rings. The first kappa shape index (κ1) is 18.3. The van der Waals surface area contributed by atoms with E-state index >= 15 is 0 Å². The molecule has 0 saturated heterocycles. The molecule has 0 aliphatic carbocycles. The van der Waals surface area contributed by atoms with Gasteiger partial charge in [0.05, 0.1) is 6.54 Å². The Balaban J connectivity index is 1.73. The van der Waals surface area contributed by atoms with Crippen LogP contribution in [0.2, 0.25) is 0 Å². The average molecular weight is 364 g/mol.